The molecular weight excluding hydrogens is 887 g/mol. The Balaban J connectivity index is 1.69. The van der Waals surface area contributed by atoms with Gasteiger partial charge in [0.05, 0.1) is 37.6 Å². The molecule has 15 heteroatoms. The van der Waals surface area contributed by atoms with Crippen LogP contribution in [0.25, 0.3) is 0 Å². The molecule has 4 aliphatic rings. The molecule has 0 radical (unpaired) electrons. The number of piperidine rings is 1. The number of ether oxygens (including phenoxy) is 8. The van der Waals surface area contributed by atoms with E-state index in [1.165, 1.54) is 19.1 Å². The van der Waals surface area contributed by atoms with Gasteiger partial charge in [-0.3, -0.25) is 19.2 Å². The first-order chi connectivity index (χ1) is 32.9. The number of cyclic esters (lactones) is 1. The maximum absolute atomic E-state index is 14.5. The van der Waals surface area contributed by atoms with Gasteiger partial charge in [-0.25, -0.2) is 4.79 Å². The van der Waals surface area contributed by atoms with Crippen molar-refractivity contribution in [1.29, 1.82) is 0 Å². The lowest BCUT2D eigenvalue weighted by Crippen LogP contribution is -2.61. The van der Waals surface area contributed by atoms with Crippen molar-refractivity contribution in [3.05, 3.63) is 47.6 Å². The number of esters is 1. The van der Waals surface area contributed by atoms with Crippen molar-refractivity contribution in [2.75, 3.05) is 55.3 Å². The van der Waals surface area contributed by atoms with Gasteiger partial charge >= 0.3 is 5.97 Å². The fourth-order valence-corrected chi connectivity index (χ4v) is 10.5. The summed E-state index contributed by atoms with van der Waals surface area (Å²) in [5, 5.41) is 12.0. The van der Waals surface area contributed by atoms with Crippen LogP contribution in [0.4, 0.5) is 0 Å². The average Bonchev–Trinajstić information content (AvgIpc) is 3.34. The van der Waals surface area contributed by atoms with Crippen molar-refractivity contribution in [2.24, 2.45) is 29.6 Å². The molecule has 1 N–H and O–H groups in total. The van der Waals surface area contributed by atoms with Gasteiger partial charge in [0, 0.05) is 72.7 Å². The van der Waals surface area contributed by atoms with E-state index in [9.17, 15) is 29.1 Å². The summed E-state index contributed by atoms with van der Waals surface area (Å²) in [6.07, 6.45) is 14.4. The van der Waals surface area contributed by atoms with Crippen LogP contribution in [-0.4, -0.2) is 149 Å². The lowest BCUT2D eigenvalue weighted by Gasteiger charge is -2.42. The molecule has 0 aromatic heterocycles. The van der Waals surface area contributed by atoms with Gasteiger partial charge in [0.15, 0.2) is 5.78 Å². The number of aliphatic hydroxyl groups is 1. The summed E-state index contributed by atoms with van der Waals surface area (Å²) in [5.74, 6) is -7.34. The molecule has 14 atom stereocenters. The number of rotatable bonds is 11. The van der Waals surface area contributed by atoms with E-state index in [4.69, 9.17) is 37.9 Å². The Morgan fingerprint density at radius 2 is 1.54 bits per heavy atom. The van der Waals surface area contributed by atoms with Gasteiger partial charge in [0.2, 0.25) is 5.79 Å². The fourth-order valence-electron chi connectivity index (χ4n) is 10.5. The summed E-state index contributed by atoms with van der Waals surface area (Å²) >= 11 is 0. The normalized spacial score (nSPS) is 37.7. The van der Waals surface area contributed by atoms with E-state index in [0.717, 1.165) is 24.8 Å². The molecule has 2 saturated heterocycles. The second kappa shape index (κ2) is 28.6. The minimum absolute atomic E-state index is 0.0821. The van der Waals surface area contributed by atoms with E-state index in [1.807, 2.05) is 58.1 Å². The molecule has 15 nitrogen and oxygen atoms in total. The third kappa shape index (κ3) is 16.0. The number of carbonyl (C=O) groups is 5. The molecular formula is C54H85NO14. The second-order valence-electron chi connectivity index (χ2n) is 20.0. The molecule has 2 bridgehead atoms. The largest absolute Gasteiger partial charge is 0.460 e. The van der Waals surface area contributed by atoms with Crippen molar-refractivity contribution in [3.63, 3.8) is 0 Å². The topological polar surface area (TPSA) is 183 Å². The Morgan fingerprint density at radius 3 is 2.22 bits per heavy atom. The number of nitrogens with zero attached hydrogens (tertiary/aromatic N) is 1. The van der Waals surface area contributed by atoms with Crippen molar-refractivity contribution < 1.29 is 67.0 Å². The molecule has 0 aromatic rings. The standard InChI is InChI=1S/C54H85NO14/c1-34-19-15-13-12-14-16-20-35(2)48(57)50(66-11)49(65-10)38(5)29-36(3)43(56)33-46(37(4)30-40-23-25-44(47(31-40)64-9)67-28-27-62-7)68-53(60)42-21-17-18-26-55(42)52(59)51(58)54(61)39(6)22-24-41(69-54)32-45(34)63-8/h12-15,19,29,35-37,39-42,44-47,49-50,61H,16-18,20-28,30-33H2,1-11H3/b14-12+,15-13+,34-19+,38-29+/t35-,36-,37?,39-,40+,41+,42+,44-,45+,46+,47-,49-,50+,54-/m1/s1. The van der Waals surface area contributed by atoms with Crippen LogP contribution in [0.5, 0.6) is 0 Å². The highest BCUT2D eigenvalue weighted by Crippen LogP contribution is 2.38. The van der Waals surface area contributed by atoms with E-state index < -0.39 is 71.8 Å². The van der Waals surface area contributed by atoms with Crippen molar-refractivity contribution in [1.82, 2.24) is 4.90 Å². The highest BCUT2D eigenvalue weighted by molar-refractivity contribution is 6.39. The van der Waals surface area contributed by atoms with E-state index in [0.29, 0.717) is 70.2 Å². The first-order valence-electron chi connectivity index (χ1n) is 25.4. The summed E-state index contributed by atoms with van der Waals surface area (Å²) in [7, 11) is 7.90. The van der Waals surface area contributed by atoms with Gasteiger partial charge < -0.3 is 47.9 Å². The van der Waals surface area contributed by atoms with E-state index >= 15 is 0 Å². The summed E-state index contributed by atoms with van der Waals surface area (Å²) in [4.78, 5) is 72.5. The van der Waals surface area contributed by atoms with E-state index in [1.54, 1.807) is 41.3 Å². The summed E-state index contributed by atoms with van der Waals surface area (Å²) < 4.78 is 47.2. The van der Waals surface area contributed by atoms with Crippen LogP contribution in [0.15, 0.2) is 47.6 Å². The predicted octanol–water partition coefficient (Wildman–Crippen LogP) is 7.26. The molecule has 390 valence electrons. The number of ketones is 3. The molecule has 1 amide bonds. The quantitative estimate of drug-likeness (QED) is 0.0945. The van der Waals surface area contributed by atoms with Crippen molar-refractivity contribution in [3.8, 4) is 0 Å². The van der Waals surface area contributed by atoms with Crippen LogP contribution in [0.3, 0.4) is 0 Å². The Morgan fingerprint density at radius 1 is 0.797 bits per heavy atom. The lowest BCUT2D eigenvalue weighted by atomic mass is 9.78. The molecule has 0 aromatic carbocycles. The Labute approximate surface area is 412 Å². The molecule has 0 spiro atoms. The first kappa shape index (κ1) is 58.2. The van der Waals surface area contributed by atoms with Crippen LogP contribution < -0.4 is 0 Å². The Hall–Kier alpha value is -3.41. The second-order valence-corrected chi connectivity index (χ2v) is 20.0. The number of Topliss-reactive ketones (excluding diaryl/α,β-unsaturated/α-hetero) is 3. The number of hydrogen-bond acceptors (Lipinski definition) is 14. The minimum atomic E-state index is -2.42. The molecule has 4 rings (SSSR count). The zero-order chi connectivity index (χ0) is 50.8. The summed E-state index contributed by atoms with van der Waals surface area (Å²) in [6, 6.07) is -1.12. The number of carbonyl (C=O) groups excluding carboxylic acids is 5. The number of allylic oxidation sites excluding steroid dienone is 6. The Bertz CT molecular complexity index is 1810. The van der Waals surface area contributed by atoms with Crippen LogP contribution in [-0.2, 0) is 61.9 Å². The lowest BCUT2D eigenvalue weighted by molar-refractivity contribution is -0.265. The highest BCUT2D eigenvalue weighted by atomic mass is 16.6. The Kier molecular flexibility index (Phi) is 24.1. The van der Waals surface area contributed by atoms with Crippen LogP contribution >= 0.6 is 0 Å². The van der Waals surface area contributed by atoms with Crippen molar-refractivity contribution >= 4 is 29.2 Å². The zero-order valence-corrected chi connectivity index (χ0v) is 43.5. The van der Waals surface area contributed by atoms with Gasteiger partial charge in [0.1, 0.15) is 30.1 Å². The maximum atomic E-state index is 14.5. The van der Waals surface area contributed by atoms with Crippen LogP contribution in [0.1, 0.15) is 125 Å². The molecule has 69 heavy (non-hydrogen) atoms. The fraction of sp³-hybridized carbons (Fsp3) is 0.759. The average molecular weight is 972 g/mol. The van der Waals surface area contributed by atoms with E-state index in [-0.39, 0.29) is 60.9 Å². The van der Waals surface area contributed by atoms with Gasteiger partial charge in [-0.15, -0.1) is 0 Å². The molecule has 3 fully saturated rings. The van der Waals surface area contributed by atoms with Gasteiger partial charge in [-0.1, -0.05) is 64.2 Å². The molecule has 1 unspecified atom stereocenters. The maximum Gasteiger partial charge on any atom is 0.329 e. The highest BCUT2D eigenvalue weighted by Gasteiger charge is 2.53. The smallest absolute Gasteiger partial charge is 0.329 e. The van der Waals surface area contributed by atoms with Crippen LogP contribution in [0.2, 0.25) is 0 Å². The molecule has 3 aliphatic heterocycles. The number of methoxy groups -OCH3 is 5. The van der Waals surface area contributed by atoms with E-state index in [2.05, 4.69) is 0 Å². The van der Waals surface area contributed by atoms with Gasteiger partial charge in [0.25, 0.3) is 11.7 Å². The zero-order valence-electron chi connectivity index (χ0n) is 43.5. The minimum Gasteiger partial charge on any atom is -0.460 e. The third-order valence-electron chi connectivity index (χ3n) is 15.0. The van der Waals surface area contributed by atoms with Gasteiger partial charge in [-0.05, 0) is 107 Å². The SMILES string of the molecule is COCCO[C@@H]1CC[C@@H](CC(C)[C@@H]2CC(=O)[C@H](C)/C=C(\C)[C@@H](OC)[C@@H](OC)C(=O)[C@H](C)CC/C=C/C=C/C=C(\C)[C@@H](OC)C[C@@H]3CC[C@@H](C)[C@@](O)(O3)C(=O)C(=O)N3CCCC[C@H]3C(=O)O2)C[C@H]1OC. The number of amides is 1. The molecule has 1 aliphatic carbocycles. The number of fused-ring (bicyclic) bond motifs is 3. The third-order valence-corrected chi connectivity index (χ3v) is 15.0. The molecule has 3 heterocycles. The van der Waals surface area contributed by atoms with Crippen LogP contribution in [0, 0.1) is 29.6 Å². The summed E-state index contributed by atoms with van der Waals surface area (Å²) in [6.45, 7) is 12.1. The van der Waals surface area contributed by atoms with Crippen molar-refractivity contribution in [2.45, 2.75) is 180 Å². The predicted molar refractivity (Wildman–Crippen MR) is 261 cm³/mol. The molecule has 1 saturated carbocycles. The first-order valence-corrected chi connectivity index (χ1v) is 25.4. The monoisotopic (exact) mass is 972 g/mol. The number of hydrogen-bond donors (Lipinski definition) is 1. The van der Waals surface area contributed by atoms with Gasteiger partial charge in [-0.2, -0.15) is 0 Å². The summed E-state index contributed by atoms with van der Waals surface area (Å²) in [5.41, 5.74) is 1.55.